The molecule has 6 nitrogen and oxygen atoms in total. The molecule has 1 saturated carbocycles. The van der Waals surface area contributed by atoms with Gasteiger partial charge >= 0.3 is 0 Å². The standard InChI is InChI=1S/C14H19N3O3/c18-14(16-12-5-6-12)2-1-9-15-10-11-3-7-13(8-4-11)17(19)20/h3-4,7-8,12,15H,1-2,5-6,9-10H2,(H,16,18). The number of hydrogen-bond donors (Lipinski definition) is 2. The first-order chi connectivity index (χ1) is 9.65. The van der Waals surface area contributed by atoms with Gasteiger partial charge in [-0.25, -0.2) is 0 Å². The number of rotatable bonds is 8. The molecule has 6 heteroatoms. The van der Waals surface area contributed by atoms with E-state index in [1.807, 2.05) is 0 Å². The van der Waals surface area contributed by atoms with Crippen molar-refractivity contribution in [1.82, 2.24) is 10.6 Å². The molecule has 1 amide bonds. The first-order valence-corrected chi connectivity index (χ1v) is 6.88. The van der Waals surface area contributed by atoms with E-state index in [-0.39, 0.29) is 11.6 Å². The molecule has 2 N–H and O–H groups in total. The third-order valence-corrected chi connectivity index (χ3v) is 3.18. The van der Waals surface area contributed by atoms with Crippen LogP contribution in [-0.2, 0) is 11.3 Å². The van der Waals surface area contributed by atoms with Crippen LogP contribution >= 0.6 is 0 Å². The lowest BCUT2D eigenvalue weighted by atomic mass is 10.2. The average Bonchev–Trinajstić information content (AvgIpc) is 3.22. The molecule has 0 spiro atoms. The van der Waals surface area contributed by atoms with Crippen LogP contribution in [0.3, 0.4) is 0 Å². The minimum atomic E-state index is -0.407. The van der Waals surface area contributed by atoms with Crippen LogP contribution in [0.1, 0.15) is 31.2 Å². The lowest BCUT2D eigenvalue weighted by Crippen LogP contribution is -2.26. The number of non-ortho nitro benzene ring substituents is 1. The molecule has 0 heterocycles. The molecular weight excluding hydrogens is 258 g/mol. The summed E-state index contributed by atoms with van der Waals surface area (Å²) in [6, 6.07) is 6.91. The SMILES string of the molecule is O=C(CCCNCc1ccc([N+](=O)[O-])cc1)NC1CC1. The molecule has 1 aromatic carbocycles. The Bertz CT molecular complexity index is 469. The summed E-state index contributed by atoms with van der Waals surface area (Å²) in [6.45, 7) is 1.41. The first kappa shape index (κ1) is 14.5. The molecule has 2 rings (SSSR count). The summed E-state index contributed by atoms with van der Waals surface area (Å²) >= 11 is 0. The molecule has 0 bridgehead atoms. The lowest BCUT2D eigenvalue weighted by Gasteiger charge is -2.05. The number of carbonyl (C=O) groups excluding carboxylic acids is 1. The zero-order valence-corrected chi connectivity index (χ0v) is 11.3. The molecule has 1 fully saturated rings. The highest BCUT2D eigenvalue weighted by atomic mass is 16.6. The number of nitro groups is 1. The van der Waals surface area contributed by atoms with Crippen molar-refractivity contribution in [2.24, 2.45) is 0 Å². The Morgan fingerprint density at radius 3 is 2.60 bits per heavy atom. The van der Waals surface area contributed by atoms with Gasteiger partial charge in [-0.3, -0.25) is 14.9 Å². The lowest BCUT2D eigenvalue weighted by molar-refractivity contribution is -0.384. The molecule has 1 aliphatic rings. The minimum absolute atomic E-state index is 0.102. The average molecular weight is 277 g/mol. The molecular formula is C14H19N3O3. The topological polar surface area (TPSA) is 84.3 Å². The summed E-state index contributed by atoms with van der Waals surface area (Å²) in [5.74, 6) is 0.129. The minimum Gasteiger partial charge on any atom is -0.353 e. The molecule has 0 aromatic heterocycles. The van der Waals surface area contributed by atoms with Crippen LogP contribution in [0.15, 0.2) is 24.3 Å². The highest BCUT2D eigenvalue weighted by molar-refractivity contribution is 5.76. The molecule has 0 radical (unpaired) electrons. The summed E-state index contributed by atoms with van der Waals surface area (Å²) in [5, 5.41) is 16.7. The quantitative estimate of drug-likeness (QED) is 0.430. The van der Waals surface area contributed by atoms with Crippen molar-refractivity contribution in [2.45, 2.75) is 38.3 Å². The van der Waals surface area contributed by atoms with Gasteiger partial charge in [0.1, 0.15) is 0 Å². The largest absolute Gasteiger partial charge is 0.353 e. The number of amides is 1. The first-order valence-electron chi connectivity index (χ1n) is 6.88. The number of benzene rings is 1. The molecule has 108 valence electrons. The predicted molar refractivity (Wildman–Crippen MR) is 75.2 cm³/mol. The number of carbonyl (C=O) groups is 1. The van der Waals surface area contributed by atoms with Crippen LogP contribution in [0.2, 0.25) is 0 Å². The maximum atomic E-state index is 11.4. The third-order valence-electron chi connectivity index (χ3n) is 3.18. The molecule has 20 heavy (non-hydrogen) atoms. The Labute approximate surface area is 117 Å². The normalized spacial score (nSPS) is 14.0. The Morgan fingerprint density at radius 2 is 2.00 bits per heavy atom. The fraction of sp³-hybridized carbons (Fsp3) is 0.500. The van der Waals surface area contributed by atoms with Gasteiger partial charge in [0, 0.05) is 31.1 Å². The molecule has 0 aliphatic heterocycles. The zero-order valence-electron chi connectivity index (χ0n) is 11.3. The van der Waals surface area contributed by atoms with Crippen molar-refractivity contribution in [1.29, 1.82) is 0 Å². The zero-order chi connectivity index (χ0) is 14.4. The van der Waals surface area contributed by atoms with E-state index in [4.69, 9.17) is 0 Å². The molecule has 1 aliphatic carbocycles. The van der Waals surface area contributed by atoms with Crippen LogP contribution < -0.4 is 10.6 Å². The monoisotopic (exact) mass is 277 g/mol. The van der Waals surface area contributed by atoms with Gasteiger partial charge in [0.05, 0.1) is 4.92 Å². The van der Waals surface area contributed by atoms with E-state index >= 15 is 0 Å². The van der Waals surface area contributed by atoms with Gasteiger partial charge in [0.15, 0.2) is 0 Å². The van der Waals surface area contributed by atoms with Crippen LogP contribution in [0.5, 0.6) is 0 Å². The Morgan fingerprint density at radius 1 is 1.30 bits per heavy atom. The number of nitro benzene ring substituents is 1. The summed E-state index contributed by atoms with van der Waals surface area (Å²) < 4.78 is 0. The van der Waals surface area contributed by atoms with Gasteiger partial charge in [-0.05, 0) is 31.4 Å². The van der Waals surface area contributed by atoms with Crippen molar-refractivity contribution < 1.29 is 9.72 Å². The van der Waals surface area contributed by atoms with Crippen molar-refractivity contribution in [3.8, 4) is 0 Å². The van der Waals surface area contributed by atoms with Gasteiger partial charge in [-0.2, -0.15) is 0 Å². The van der Waals surface area contributed by atoms with Crippen molar-refractivity contribution in [3.63, 3.8) is 0 Å². The van der Waals surface area contributed by atoms with E-state index in [9.17, 15) is 14.9 Å². The van der Waals surface area contributed by atoms with Crippen LogP contribution in [0.25, 0.3) is 0 Å². The highest BCUT2D eigenvalue weighted by Gasteiger charge is 2.22. The summed E-state index contributed by atoms with van der Waals surface area (Å²) in [5.41, 5.74) is 1.10. The second-order valence-electron chi connectivity index (χ2n) is 5.05. The van der Waals surface area contributed by atoms with Crippen LogP contribution in [0.4, 0.5) is 5.69 Å². The van der Waals surface area contributed by atoms with Crippen molar-refractivity contribution >= 4 is 11.6 Å². The van der Waals surface area contributed by atoms with Gasteiger partial charge in [0.2, 0.25) is 5.91 Å². The van der Waals surface area contributed by atoms with Crippen LogP contribution in [0, 0.1) is 10.1 Å². The smallest absolute Gasteiger partial charge is 0.269 e. The Hall–Kier alpha value is -1.95. The maximum absolute atomic E-state index is 11.4. The Balaban J connectivity index is 1.58. The van der Waals surface area contributed by atoms with Crippen molar-refractivity contribution in [2.75, 3.05) is 6.54 Å². The molecule has 1 aromatic rings. The second-order valence-corrected chi connectivity index (χ2v) is 5.05. The van der Waals surface area contributed by atoms with E-state index in [0.717, 1.165) is 31.4 Å². The van der Waals surface area contributed by atoms with E-state index < -0.39 is 4.92 Å². The van der Waals surface area contributed by atoms with E-state index in [1.54, 1.807) is 12.1 Å². The number of nitrogens with zero attached hydrogens (tertiary/aromatic N) is 1. The number of nitrogens with one attached hydrogen (secondary N) is 2. The Kier molecular flexibility index (Phi) is 5.06. The summed E-state index contributed by atoms with van der Waals surface area (Å²) in [4.78, 5) is 21.5. The molecule has 0 saturated heterocycles. The fourth-order valence-corrected chi connectivity index (χ4v) is 1.87. The van der Waals surface area contributed by atoms with Crippen molar-refractivity contribution in [3.05, 3.63) is 39.9 Å². The third kappa shape index (κ3) is 4.97. The van der Waals surface area contributed by atoms with Gasteiger partial charge in [0.25, 0.3) is 5.69 Å². The second kappa shape index (κ2) is 7.00. The molecule has 0 unspecified atom stereocenters. The predicted octanol–water partition coefficient (Wildman–Crippen LogP) is 1.74. The molecule has 0 atom stereocenters. The fourth-order valence-electron chi connectivity index (χ4n) is 1.87. The van der Waals surface area contributed by atoms with Gasteiger partial charge in [-0.15, -0.1) is 0 Å². The van der Waals surface area contributed by atoms with Gasteiger partial charge < -0.3 is 10.6 Å². The number of hydrogen-bond acceptors (Lipinski definition) is 4. The van der Waals surface area contributed by atoms with E-state index in [2.05, 4.69) is 10.6 Å². The summed E-state index contributed by atoms with van der Waals surface area (Å²) in [6.07, 6.45) is 3.57. The maximum Gasteiger partial charge on any atom is 0.269 e. The highest BCUT2D eigenvalue weighted by Crippen LogP contribution is 2.18. The van der Waals surface area contributed by atoms with Crippen LogP contribution in [-0.4, -0.2) is 23.4 Å². The van der Waals surface area contributed by atoms with E-state index in [0.29, 0.717) is 19.0 Å². The summed E-state index contributed by atoms with van der Waals surface area (Å²) in [7, 11) is 0. The van der Waals surface area contributed by atoms with Gasteiger partial charge in [-0.1, -0.05) is 12.1 Å². The van der Waals surface area contributed by atoms with E-state index in [1.165, 1.54) is 12.1 Å².